The van der Waals surface area contributed by atoms with Crippen LogP contribution in [0.2, 0.25) is 0 Å². The van der Waals surface area contributed by atoms with Crippen LogP contribution in [0, 0.1) is 0 Å². The molecular weight excluding hydrogens is 431 g/mol. The minimum atomic E-state index is -4.80. The number of halogens is 3. The average molecular weight is 449 g/mol. The molecule has 12 heteroatoms. The lowest BCUT2D eigenvalue weighted by Crippen LogP contribution is -2.42. The number of nitrogens with zero attached hydrogens (tertiary/aromatic N) is 4. The minimum Gasteiger partial charge on any atom is -0.406 e. The summed E-state index contributed by atoms with van der Waals surface area (Å²) in [5.41, 5.74) is 1.32. The van der Waals surface area contributed by atoms with E-state index >= 15 is 0 Å². The number of hydrogen-bond acceptors (Lipinski definition) is 7. The Hall–Kier alpha value is -3.51. The van der Waals surface area contributed by atoms with Gasteiger partial charge in [0.2, 0.25) is 0 Å². The molecule has 3 heterocycles. The Kier molecular flexibility index (Phi) is 5.80. The Morgan fingerprint density at radius 3 is 2.56 bits per heavy atom. The Balaban J connectivity index is 1.68. The number of amides is 1. The normalized spacial score (nSPS) is 18.5. The fourth-order valence-corrected chi connectivity index (χ4v) is 3.13. The van der Waals surface area contributed by atoms with Crippen molar-refractivity contribution >= 4 is 5.91 Å². The number of hydrogen-bond donors (Lipinski definition) is 2. The minimum absolute atomic E-state index is 0.0172. The standard InChI is InChI=1S/C20H18F3N5O4/c1-28-8-12(7-24-28)18-25-14(11-2-4-13(5-3-11)32-20(21,22)23)6-15(26-18)19(30)27-16-9-31-10-17(16)29/h2-8,16-17,29H,9-10H2,1H3,(H,27,30). The SMILES string of the molecule is Cn1cc(-c2nc(C(=O)NC3COCC3O)cc(-c3ccc(OC(F)(F)F)cc3)n2)cn1. The molecule has 1 amide bonds. The molecule has 0 aliphatic carbocycles. The van der Waals surface area contributed by atoms with Gasteiger partial charge >= 0.3 is 6.36 Å². The molecule has 0 saturated carbocycles. The largest absolute Gasteiger partial charge is 0.573 e. The summed E-state index contributed by atoms with van der Waals surface area (Å²) in [4.78, 5) is 21.5. The zero-order chi connectivity index (χ0) is 22.9. The first-order valence-electron chi connectivity index (χ1n) is 9.49. The lowest BCUT2D eigenvalue weighted by Gasteiger charge is -2.15. The topological polar surface area (TPSA) is 111 Å². The summed E-state index contributed by atoms with van der Waals surface area (Å²) in [6, 6.07) is 5.93. The Labute approximate surface area is 179 Å². The molecule has 1 aliphatic rings. The molecule has 1 saturated heterocycles. The maximum Gasteiger partial charge on any atom is 0.573 e. The van der Waals surface area contributed by atoms with Crippen molar-refractivity contribution in [2.75, 3.05) is 13.2 Å². The molecule has 2 aromatic heterocycles. The van der Waals surface area contributed by atoms with Crippen molar-refractivity contribution in [2.24, 2.45) is 7.05 Å². The zero-order valence-electron chi connectivity index (χ0n) is 16.7. The van der Waals surface area contributed by atoms with E-state index in [4.69, 9.17) is 4.74 Å². The second-order valence-electron chi connectivity index (χ2n) is 7.12. The van der Waals surface area contributed by atoms with E-state index in [0.29, 0.717) is 16.8 Å². The van der Waals surface area contributed by atoms with Crippen LogP contribution < -0.4 is 10.1 Å². The summed E-state index contributed by atoms with van der Waals surface area (Å²) >= 11 is 0. The Bertz CT molecular complexity index is 1120. The predicted octanol–water partition coefficient (Wildman–Crippen LogP) is 1.93. The summed E-state index contributed by atoms with van der Waals surface area (Å²) in [6.07, 6.45) is -2.45. The van der Waals surface area contributed by atoms with Crippen molar-refractivity contribution in [3.05, 3.63) is 48.4 Å². The molecule has 2 unspecified atom stereocenters. The van der Waals surface area contributed by atoms with Crippen LogP contribution in [0.1, 0.15) is 10.5 Å². The number of benzene rings is 1. The zero-order valence-corrected chi connectivity index (χ0v) is 16.7. The highest BCUT2D eigenvalue weighted by molar-refractivity contribution is 5.94. The van der Waals surface area contributed by atoms with E-state index in [1.54, 1.807) is 17.9 Å². The van der Waals surface area contributed by atoms with Crippen LogP contribution >= 0.6 is 0 Å². The second kappa shape index (κ2) is 8.55. The maximum atomic E-state index is 12.8. The van der Waals surface area contributed by atoms with Crippen LogP contribution in [0.4, 0.5) is 13.2 Å². The third-order valence-corrected chi connectivity index (χ3v) is 4.67. The molecule has 0 spiro atoms. The van der Waals surface area contributed by atoms with Gasteiger partial charge in [0.15, 0.2) is 5.82 Å². The van der Waals surface area contributed by atoms with Crippen molar-refractivity contribution in [3.63, 3.8) is 0 Å². The number of alkyl halides is 3. The fraction of sp³-hybridized carbons (Fsp3) is 0.300. The van der Waals surface area contributed by atoms with Gasteiger partial charge in [0.05, 0.1) is 42.8 Å². The Morgan fingerprint density at radius 2 is 1.97 bits per heavy atom. The van der Waals surface area contributed by atoms with Crippen molar-refractivity contribution in [2.45, 2.75) is 18.5 Å². The van der Waals surface area contributed by atoms with Crippen molar-refractivity contribution in [3.8, 4) is 28.4 Å². The van der Waals surface area contributed by atoms with Gasteiger partial charge in [-0.1, -0.05) is 0 Å². The van der Waals surface area contributed by atoms with Crippen molar-refractivity contribution in [1.82, 2.24) is 25.1 Å². The van der Waals surface area contributed by atoms with Crippen molar-refractivity contribution < 1.29 is 32.5 Å². The number of nitrogens with one attached hydrogen (secondary N) is 1. The molecule has 1 aromatic carbocycles. The third kappa shape index (κ3) is 5.03. The lowest BCUT2D eigenvalue weighted by molar-refractivity contribution is -0.274. The maximum absolute atomic E-state index is 12.8. The molecule has 0 bridgehead atoms. The fourth-order valence-electron chi connectivity index (χ4n) is 3.13. The van der Waals surface area contributed by atoms with Gasteiger partial charge in [-0.25, -0.2) is 9.97 Å². The number of ether oxygens (including phenoxy) is 2. The van der Waals surface area contributed by atoms with Crippen LogP contribution in [-0.4, -0.2) is 62.5 Å². The number of carbonyl (C=O) groups is 1. The summed E-state index contributed by atoms with van der Waals surface area (Å²) in [5.74, 6) is -0.721. The second-order valence-corrected chi connectivity index (χ2v) is 7.12. The monoisotopic (exact) mass is 449 g/mol. The van der Waals surface area contributed by atoms with E-state index in [9.17, 15) is 23.1 Å². The molecular formula is C20H18F3N5O4. The van der Waals surface area contributed by atoms with Gasteiger partial charge in [-0.2, -0.15) is 5.10 Å². The number of aromatic nitrogens is 4. The van der Waals surface area contributed by atoms with Gasteiger partial charge in [-0.05, 0) is 30.3 Å². The summed E-state index contributed by atoms with van der Waals surface area (Å²) in [7, 11) is 1.71. The third-order valence-electron chi connectivity index (χ3n) is 4.67. The van der Waals surface area contributed by atoms with Gasteiger partial charge in [-0.15, -0.1) is 13.2 Å². The van der Waals surface area contributed by atoms with Gasteiger partial charge in [0.25, 0.3) is 5.91 Å². The molecule has 1 fully saturated rings. The van der Waals surface area contributed by atoms with E-state index in [2.05, 4.69) is 25.1 Å². The molecule has 9 nitrogen and oxygen atoms in total. The smallest absolute Gasteiger partial charge is 0.406 e. The number of aliphatic hydroxyl groups is 1. The molecule has 0 radical (unpaired) electrons. The molecule has 168 valence electrons. The molecule has 2 N–H and O–H groups in total. The molecule has 3 aromatic rings. The average Bonchev–Trinajstić information content (AvgIpc) is 3.35. The number of rotatable bonds is 5. The van der Waals surface area contributed by atoms with Gasteiger partial charge in [0, 0.05) is 18.8 Å². The number of aryl methyl sites for hydroxylation is 1. The van der Waals surface area contributed by atoms with Crippen LogP contribution in [-0.2, 0) is 11.8 Å². The van der Waals surface area contributed by atoms with Gasteiger partial charge < -0.3 is 19.9 Å². The molecule has 2 atom stereocenters. The van der Waals surface area contributed by atoms with E-state index in [1.165, 1.54) is 24.4 Å². The van der Waals surface area contributed by atoms with E-state index in [-0.39, 0.29) is 30.5 Å². The first-order chi connectivity index (χ1) is 15.2. The van der Waals surface area contributed by atoms with Crippen LogP contribution in [0.3, 0.4) is 0 Å². The highest BCUT2D eigenvalue weighted by atomic mass is 19.4. The molecule has 32 heavy (non-hydrogen) atoms. The van der Waals surface area contributed by atoms with Crippen LogP contribution in [0.5, 0.6) is 5.75 Å². The van der Waals surface area contributed by atoms with Gasteiger partial charge in [0.1, 0.15) is 11.4 Å². The van der Waals surface area contributed by atoms with Gasteiger partial charge in [-0.3, -0.25) is 9.48 Å². The van der Waals surface area contributed by atoms with E-state index in [1.807, 2.05) is 0 Å². The summed E-state index contributed by atoms with van der Waals surface area (Å²) < 4.78 is 47.8. The quantitative estimate of drug-likeness (QED) is 0.612. The van der Waals surface area contributed by atoms with Crippen LogP contribution in [0.15, 0.2) is 42.7 Å². The van der Waals surface area contributed by atoms with E-state index in [0.717, 1.165) is 12.1 Å². The summed E-state index contributed by atoms with van der Waals surface area (Å²) in [6.45, 7) is 0.286. The predicted molar refractivity (Wildman–Crippen MR) is 104 cm³/mol. The lowest BCUT2D eigenvalue weighted by atomic mass is 10.1. The molecule has 1 aliphatic heterocycles. The number of aliphatic hydroxyl groups excluding tert-OH is 1. The van der Waals surface area contributed by atoms with Crippen LogP contribution in [0.25, 0.3) is 22.6 Å². The summed E-state index contributed by atoms with van der Waals surface area (Å²) in [5, 5.41) is 16.6. The highest BCUT2D eigenvalue weighted by Gasteiger charge is 2.31. The first-order valence-corrected chi connectivity index (χ1v) is 9.49. The number of carbonyl (C=O) groups excluding carboxylic acids is 1. The highest BCUT2D eigenvalue weighted by Crippen LogP contribution is 2.27. The Morgan fingerprint density at radius 1 is 1.22 bits per heavy atom. The van der Waals surface area contributed by atoms with Crippen molar-refractivity contribution in [1.29, 1.82) is 0 Å². The molecule has 4 rings (SSSR count). The van der Waals surface area contributed by atoms with E-state index < -0.39 is 24.4 Å². The first kappa shape index (κ1) is 21.7.